The Morgan fingerprint density at radius 1 is 1.28 bits per heavy atom. The lowest BCUT2D eigenvalue weighted by molar-refractivity contribution is -0.136. The molecule has 1 heterocycles. The highest BCUT2D eigenvalue weighted by atomic mass is 35.5. The van der Waals surface area contributed by atoms with Crippen LogP contribution in [0.2, 0.25) is 5.02 Å². The molecule has 0 unspecified atom stereocenters. The van der Waals surface area contributed by atoms with Gasteiger partial charge in [0.25, 0.3) is 0 Å². The van der Waals surface area contributed by atoms with E-state index in [1.54, 1.807) is 24.4 Å². The Morgan fingerprint density at radius 3 is 2.78 bits per heavy atom. The van der Waals surface area contributed by atoms with Gasteiger partial charge in [0, 0.05) is 11.8 Å². The molecular formula is C13H11ClN2O2. The van der Waals surface area contributed by atoms with Gasteiger partial charge in [0.15, 0.2) is 0 Å². The van der Waals surface area contributed by atoms with Gasteiger partial charge in [-0.2, -0.15) is 0 Å². The number of carbonyl (C=O) groups is 1. The summed E-state index contributed by atoms with van der Waals surface area (Å²) in [6, 6.07) is 10.7. The van der Waals surface area contributed by atoms with Crippen molar-refractivity contribution in [2.45, 2.75) is 6.42 Å². The highest BCUT2D eigenvalue weighted by molar-refractivity contribution is 6.33. The molecule has 2 aromatic rings. The van der Waals surface area contributed by atoms with Crippen molar-refractivity contribution in [2.75, 3.05) is 5.32 Å². The predicted octanol–water partition coefficient (Wildman–Crippen LogP) is 3.11. The summed E-state index contributed by atoms with van der Waals surface area (Å²) in [5, 5.41) is 12.4. The third-order valence-electron chi connectivity index (χ3n) is 2.36. The van der Waals surface area contributed by atoms with Crippen LogP contribution in [0, 0.1) is 0 Å². The van der Waals surface area contributed by atoms with Crippen LogP contribution in [-0.4, -0.2) is 16.1 Å². The largest absolute Gasteiger partial charge is 0.481 e. The van der Waals surface area contributed by atoms with Crippen LogP contribution < -0.4 is 5.32 Å². The summed E-state index contributed by atoms with van der Waals surface area (Å²) in [5.74, 6) is -0.391. The maximum Gasteiger partial charge on any atom is 0.307 e. The topological polar surface area (TPSA) is 62.2 Å². The number of nitrogens with one attached hydrogen (secondary N) is 1. The second-order valence-electron chi connectivity index (χ2n) is 3.69. The highest BCUT2D eigenvalue weighted by Gasteiger charge is 2.08. The van der Waals surface area contributed by atoms with Crippen LogP contribution in [-0.2, 0) is 11.2 Å². The van der Waals surface area contributed by atoms with E-state index in [-0.39, 0.29) is 6.42 Å². The van der Waals surface area contributed by atoms with Crippen molar-refractivity contribution in [1.29, 1.82) is 0 Å². The minimum atomic E-state index is -0.898. The van der Waals surface area contributed by atoms with Crippen LogP contribution in [0.1, 0.15) is 5.56 Å². The molecule has 0 atom stereocenters. The third kappa shape index (κ3) is 2.99. The van der Waals surface area contributed by atoms with Crippen molar-refractivity contribution in [3.8, 4) is 0 Å². The lowest BCUT2D eigenvalue weighted by atomic mass is 10.2. The fraction of sp³-hybridized carbons (Fsp3) is 0.0769. The molecule has 0 bridgehead atoms. The van der Waals surface area contributed by atoms with Crippen molar-refractivity contribution in [3.05, 3.63) is 53.2 Å². The zero-order chi connectivity index (χ0) is 13.0. The van der Waals surface area contributed by atoms with Crippen LogP contribution in [0.3, 0.4) is 0 Å². The van der Waals surface area contributed by atoms with Crippen LogP contribution in [0.25, 0.3) is 0 Å². The first kappa shape index (κ1) is 12.4. The Balaban J connectivity index is 2.29. The summed E-state index contributed by atoms with van der Waals surface area (Å²) in [6.45, 7) is 0. The molecule has 0 aliphatic carbocycles. The number of aliphatic carboxylic acids is 1. The number of rotatable bonds is 4. The monoisotopic (exact) mass is 262 g/mol. The normalized spacial score (nSPS) is 10.1. The summed E-state index contributed by atoms with van der Waals surface area (Å²) in [5.41, 5.74) is 1.31. The summed E-state index contributed by atoms with van der Waals surface area (Å²) in [4.78, 5) is 14.9. The van der Waals surface area contributed by atoms with Gasteiger partial charge in [-0.1, -0.05) is 29.8 Å². The summed E-state index contributed by atoms with van der Waals surface area (Å²) in [7, 11) is 0. The molecule has 18 heavy (non-hydrogen) atoms. The van der Waals surface area contributed by atoms with Gasteiger partial charge in [0.2, 0.25) is 0 Å². The van der Waals surface area contributed by atoms with Gasteiger partial charge in [0.05, 0.1) is 17.1 Å². The Labute approximate surface area is 109 Å². The number of halogens is 1. The molecule has 1 aromatic carbocycles. The summed E-state index contributed by atoms with van der Waals surface area (Å²) < 4.78 is 0. The number of carboxylic acid groups (broad SMARTS) is 1. The van der Waals surface area contributed by atoms with Crippen molar-refractivity contribution >= 4 is 29.1 Å². The van der Waals surface area contributed by atoms with E-state index in [0.29, 0.717) is 22.1 Å². The van der Waals surface area contributed by atoms with Crippen molar-refractivity contribution in [2.24, 2.45) is 0 Å². The molecule has 0 fully saturated rings. The van der Waals surface area contributed by atoms with Crippen LogP contribution in [0.5, 0.6) is 0 Å². The molecular weight excluding hydrogens is 252 g/mol. The van der Waals surface area contributed by atoms with Crippen molar-refractivity contribution < 1.29 is 9.90 Å². The lowest BCUT2D eigenvalue weighted by Crippen LogP contribution is -2.05. The molecule has 1 aromatic heterocycles. The highest BCUT2D eigenvalue weighted by Crippen LogP contribution is 2.25. The van der Waals surface area contributed by atoms with Crippen LogP contribution in [0.15, 0.2) is 42.6 Å². The van der Waals surface area contributed by atoms with Gasteiger partial charge in [-0.25, -0.2) is 4.98 Å². The molecule has 0 aliphatic rings. The van der Waals surface area contributed by atoms with E-state index >= 15 is 0 Å². The lowest BCUT2D eigenvalue weighted by Gasteiger charge is -2.10. The zero-order valence-corrected chi connectivity index (χ0v) is 10.2. The molecule has 4 nitrogen and oxygen atoms in total. The van der Waals surface area contributed by atoms with Crippen molar-refractivity contribution in [1.82, 2.24) is 4.98 Å². The average molecular weight is 263 g/mol. The van der Waals surface area contributed by atoms with Crippen molar-refractivity contribution in [3.63, 3.8) is 0 Å². The molecule has 2 rings (SSSR count). The molecule has 0 radical (unpaired) electrons. The van der Waals surface area contributed by atoms with Gasteiger partial charge in [-0.3, -0.25) is 4.79 Å². The van der Waals surface area contributed by atoms with E-state index in [2.05, 4.69) is 10.3 Å². The Morgan fingerprint density at radius 2 is 2.06 bits per heavy atom. The standard InChI is InChI=1S/C13H11ClN2O2/c14-10-5-1-2-6-11(10)16-13-9(8-12(17)18)4-3-7-15-13/h1-7H,8H2,(H,15,16)(H,17,18). The first-order valence-electron chi connectivity index (χ1n) is 5.34. The summed E-state index contributed by atoms with van der Waals surface area (Å²) >= 11 is 6.03. The molecule has 0 saturated heterocycles. The zero-order valence-electron chi connectivity index (χ0n) is 9.43. The van der Waals surface area contributed by atoms with E-state index in [4.69, 9.17) is 16.7 Å². The fourth-order valence-electron chi connectivity index (χ4n) is 1.55. The first-order chi connectivity index (χ1) is 8.66. The average Bonchev–Trinajstić information content (AvgIpc) is 2.34. The predicted molar refractivity (Wildman–Crippen MR) is 70.3 cm³/mol. The van der Waals surface area contributed by atoms with Gasteiger partial charge >= 0.3 is 5.97 Å². The van der Waals surface area contributed by atoms with E-state index < -0.39 is 5.97 Å². The molecule has 5 heteroatoms. The number of pyridine rings is 1. The second kappa shape index (κ2) is 5.51. The third-order valence-corrected chi connectivity index (χ3v) is 2.69. The molecule has 0 spiro atoms. The number of para-hydroxylation sites is 1. The van der Waals surface area contributed by atoms with Crippen LogP contribution >= 0.6 is 11.6 Å². The molecule has 0 saturated carbocycles. The van der Waals surface area contributed by atoms with Gasteiger partial charge in [-0.15, -0.1) is 0 Å². The van der Waals surface area contributed by atoms with Gasteiger partial charge in [-0.05, 0) is 18.2 Å². The fourth-order valence-corrected chi connectivity index (χ4v) is 1.73. The summed E-state index contributed by atoms with van der Waals surface area (Å²) in [6.07, 6.45) is 1.52. The molecule has 92 valence electrons. The molecule has 2 N–H and O–H groups in total. The quantitative estimate of drug-likeness (QED) is 0.889. The van der Waals surface area contributed by atoms with E-state index in [9.17, 15) is 4.79 Å². The Bertz CT molecular complexity index is 572. The number of benzene rings is 1. The first-order valence-corrected chi connectivity index (χ1v) is 5.72. The maximum absolute atomic E-state index is 10.8. The van der Waals surface area contributed by atoms with E-state index in [0.717, 1.165) is 0 Å². The smallest absolute Gasteiger partial charge is 0.307 e. The van der Waals surface area contributed by atoms with Crippen LogP contribution in [0.4, 0.5) is 11.5 Å². The maximum atomic E-state index is 10.8. The Hall–Kier alpha value is -2.07. The number of hydrogen-bond acceptors (Lipinski definition) is 3. The number of nitrogens with zero attached hydrogens (tertiary/aromatic N) is 1. The van der Waals surface area contributed by atoms with Gasteiger partial charge < -0.3 is 10.4 Å². The molecule has 0 amide bonds. The number of carboxylic acids is 1. The number of hydrogen-bond donors (Lipinski definition) is 2. The SMILES string of the molecule is O=C(O)Cc1cccnc1Nc1ccccc1Cl. The number of anilines is 2. The second-order valence-corrected chi connectivity index (χ2v) is 4.09. The van der Waals surface area contributed by atoms with E-state index in [1.165, 1.54) is 0 Å². The molecule has 0 aliphatic heterocycles. The minimum Gasteiger partial charge on any atom is -0.481 e. The Kier molecular flexibility index (Phi) is 3.79. The minimum absolute atomic E-state index is 0.0827. The van der Waals surface area contributed by atoms with Gasteiger partial charge in [0.1, 0.15) is 5.82 Å². The number of aromatic nitrogens is 1. The van der Waals surface area contributed by atoms with E-state index in [1.807, 2.05) is 18.2 Å².